The number of carbonyl (C=O) groups is 1. The number of fused-ring (bicyclic) bond motifs is 1. The minimum atomic E-state index is -0.945. The Balaban J connectivity index is 1.63. The molecule has 0 amide bonds. The number of ether oxygens (including phenoxy) is 1. The highest BCUT2D eigenvalue weighted by Crippen LogP contribution is 2.28. The first-order valence-corrected chi connectivity index (χ1v) is 9.77. The van der Waals surface area contributed by atoms with E-state index in [9.17, 15) is 14.3 Å². The van der Waals surface area contributed by atoms with E-state index in [0.717, 1.165) is 21.1 Å². The van der Waals surface area contributed by atoms with Crippen molar-refractivity contribution in [2.45, 2.75) is 13.2 Å². The second-order valence-electron chi connectivity index (χ2n) is 6.65. The van der Waals surface area contributed by atoms with E-state index in [1.54, 1.807) is 24.3 Å². The van der Waals surface area contributed by atoms with Gasteiger partial charge in [-0.2, -0.15) is 0 Å². The van der Waals surface area contributed by atoms with Crippen LogP contribution in [0.25, 0.3) is 10.9 Å². The van der Waals surface area contributed by atoms with Crippen molar-refractivity contribution < 1.29 is 19.0 Å². The number of rotatable bonds is 6. The fraction of sp³-hybridized carbons (Fsp3) is 0.0870. The standard InChI is InChI=1S/C23H17BrFNO3/c24-17-6-9-22(29-14-15-4-7-18(25)8-5-15)16(12-17)13-26-11-10-19-20(23(27)28)2-1-3-21(19)26/h1-12H,13-14H2,(H,27,28). The van der Waals surface area contributed by atoms with Crippen LogP contribution in [0.1, 0.15) is 21.5 Å². The minimum Gasteiger partial charge on any atom is -0.489 e. The highest BCUT2D eigenvalue weighted by atomic mass is 79.9. The number of hydrogen-bond donors (Lipinski definition) is 1. The van der Waals surface area contributed by atoms with Gasteiger partial charge in [0.15, 0.2) is 0 Å². The van der Waals surface area contributed by atoms with Crippen molar-refractivity contribution in [1.29, 1.82) is 0 Å². The van der Waals surface area contributed by atoms with E-state index < -0.39 is 5.97 Å². The van der Waals surface area contributed by atoms with E-state index in [4.69, 9.17) is 4.74 Å². The maximum Gasteiger partial charge on any atom is 0.336 e. The number of halogens is 2. The number of aromatic nitrogens is 1. The predicted molar refractivity (Wildman–Crippen MR) is 113 cm³/mol. The van der Waals surface area contributed by atoms with Crippen LogP contribution in [-0.4, -0.2) is 15.6 Å². The zero-order chi connectivity index (χ0) is 20.4. The van der Waals surface area contributed by atoms with E-state index in [-0.39, 0.29) is 11.4 Å². The molecule has 29 heavy (non-hydrogen) atoms. The fourth-order valence-electron chi connectivity index (χ4n) is 3.29. The van der Waals surface area contributed by atoms with Crippen LogP contribution in [0.4, 0.5) is 4.39 Å². The third-order valence-electron chi connectivity index (χ3n) is 4.71. The van der Waals surface area contributed by atoms with E-state index in [1.807, 2.05) is 41.1 Å². The molecule has 0 fully saturated rings. The average Bonchev–Trinajstić information content (AvgIpc) is 3.11. The SMILES string of the molecule is O=C(O)c1cccc2c1ccn2Cc1cc(Br)ccc1OCc1ccc(F)cc1. The molecule has 0 aliphatic heterocycles. The molecule has 0 saturated heterocycles. The molecule has 4 nitrogen and oxygen atoms in total. The molecular weight excluding hydrogens is 437 g/mol. The lowest BCUT2D eigenvalue weighted by Crippen LogP contribution is -2.04. The van der Waals surface area contributed by atoms with Gasteiger partial charge >= 0.3 is 5.97 Å². The number of aromatic carboxylic acids is 1. The average molecular weight is 454 g/mol. The van der Waals surface area contributed by atoms with Crippen LogP contribution in [0.2, 0.25) is 0 Å². The van der Waals surface area contributed by atoms with Gasteiger partial charge in [-0.25, -0.2) is 9.18 Å². The first-order valence-electron chi connectivity index (χ1n) is 8.98. The van der Waals surface area contributed by atoms with Crippen molar-refractivity contribution in [1.82, 2.24) is 4.57 Å². The van der Waals surface area contributed by atoms with Gasteiger partial charge in [-0.1, -0.05) is 34.1 Å². The van der Waals surface area contributed by atoms with Gasteiger partial charge in [-0.15, -0.1) is 0 Å². The van der Waals surface area contributed by atoms with E-state index in [0.29, 0.717) is 24.3 Å². The molecule has 1 aromatic heterocycles. The van der Waals surface area contributed by atoms with Gasteiger partial charge in [0.2, 0.25) is 0 Å². The largest absolute Gasteiger partial charge is 0.489 e. The molecule has 1 N–H and O–H groups in total. The summed E-state index contributed by atoms with van der Waals surface area (Å²) in [5.41, 5.74) is 2.94. The van der Waals surface area contributed by atoms with Gasteiger partial charge < -0.3 is 14.4 Å². The lowest BCUT2D eigenvalue weighted by molar-refractivity contribution is 0.0699. The molecule has 0 aliphatic rings. The highest BCUT2D eigenvalue weighted by Gasteiger charge is 2.13. The first kappa shape index (κ1) is 19.2. The number of carboxylic acids is 1. The van der Waals surface area contributed by atoms with Gasteiger partial charge in [0.25, 0.3) is 0 Å². The Labute approximate surface area is 175 Å². The van der Waals surface area contributed by atoms with Crippen molar-refractivity contribution >= 4 is 32.8 Å². The molecule has 4 aromatic rings. The topological polar surface area (TPSA) is 51.5 Å². The zero-order valence-electron chi connectivity index (χ0n) is 15.3. The van der Waals surface area contributed by atoms with Crippen LogP contribution >= 0.6 is 15.9 Å². The van der Waals surface area contributed by atoms with Gasteiger partial charge in [0.1, 0.15) is 18.2 Å². The molecule has 0 saturated carbocycles. The Morgan fingerprint density at radius 2 is 1.86 bits per heavy atom. The molecule has 0 atom stereocenters. The van der Waals surface area contributed by atoms with E-state index in [2.05, 4.69) is 15.9 Å². The molecule has 0 unspecified atom stereocenters. The molecule has 6 heteroatoms. The quantitative estimate of drug-likeness (QED) is 0.397. The van der Waals surface area contributed by atoms with Crippen LogP contribution in [0.3, 0.4) is 0 Å². The third-order valence-corrected chi connectivity index (χ3v) is 5.21. The summed E-state index contributed by atoms with van der Waals surface area (Å²) in [6.07, 6.45) is 1.88. The summed E-state index contributed by atoms with van der Waals surface area (Å²) in [6.45, 7) is 0.843. The summed E-state index contributed by atoms with van der Waals surface area (Å²) in [6, 6.07) is 19.0. The van der Waals surface area contributed by atoms with Gasteiger partial charge in [-0.3, -0.25) is 0 Å². The van der Waals surface area contributed by atoms with Gasteiger partial charge in [0.05, 0.1) is 12.1 Å². The van der Waals surface area contributed by atoms with Crippen LogP contribution in [0, 0.1) is 5.82 Å². The maximum absolute atomic E-state index is 13.1. The van der Waals surface area contributed by atoms with Crippen molar-refractivity contribution in [3.8, 4) is 5.75 Å². The second kappa shape index (κ2) is 8.09. The van der Waals surface area contributed by atoms with Gasteiger partial charge in [0, 0.05) is 27.1 Å². The number of nitrogens with zero attached hydrogens (tertiary/aromatic N) is 1. The molecule has 0 spiro atoms. The Morgan fingerprint density at radius 1 is 1.07 bits per heavy atom. The Hall–Kier alpha value is -3.12. The normalized spacial score (nSPS) is 11.0. The van der Waals surface area contributed by atoms with E-state index >= 15 is 0 Å². The van der Waals surface area contributed by atoms with Crippen molar-refractivity contribution in [3.05, 3.63) is 99.9 Å². The van der Waals surface area contributed by atoms with Crippen molar-refractivity contribution in [3.63, 3.8) is 0 Å². The van der Waals surface area contributed by atoms with Crippen LogP contribution in [-0.2, 0) is 13.2 Å². The smallest absolute Gasteiger partial charge is 0.336 e. The Morgan fingerprint density at radius 3 is 2.62 bits per heavy atom. The molecule has 0 radical (unpaired) electrons. The number of hydrogen-bond acceptors (Lipinski definition) is 2. The Bertz CT molecular complexity index is 1180. The summed E-state index contributed by atoms with van der Waals surface area (Å²) < 4.78 is 22.0. The van der Waals surface area contributed by atoms with Crippen LogP contribution in [0.5, 0.6) is 5.75 Å². The van der Waals surface area contributed by atoms with Crippen LogP contribution in [0.15, 0.2) is 77.4 Å². The maximum atomic E-state index is 13.1. The predicted octanol–water partition coefficient (Wildman–Crippen LogP) is 5.87. The highest BCUT2D eigenvalue weighted by molar-refractivity contribution is 9.10. The molecule has 3 aromatic carbocycles. The molecular formula is C23H17BrFNO3. The summed E-state index contributed by atoms with van der Waals surface area (Å²) in [5.74, 6) is -0.508. The lowest BCUT2D eigenvalue weighted by Gasteiger charge is -2.14. The Kier molecular flexibility index (Phi) is 5.36. The molecule has 0 bridgehead atoms. The molecule has 0 aliphatic carbocycles. The number of carboxylic acid groups (broad SMARTS) is 1. The molecule has 1 heterocycles. The van der Waals surface area contributed by atoms with Crippen LogP contribution < -0.4 is 4.74 Å². The first-order chi connectivity index (χ1) is 14.0. The summed E-state index contributed by atoms with van der Waals surface area (Å²) >= 11 is 3.50. The zero-order valence-corrected chi connectivity index (χ0v) is 16.9. The van der Waals surface area contributed by atoms with Gasteiger partial charge in [-0.05, 0) is 54.1 Å². The third kappa shape index (κ3) is 4.17. The number of benzene rings is 3. The molecule has 146 valence electrons. The van der Waals surface area contributed by atoms with E-state index in [1.165, 1.54) is 12.1 Å². The van der Waals surface area contributed by atoms with Crippen molar-refractivity contribution in [2.75, 3.05) is 0 Å². The fourth-order valence-corrected chi connectivity index (χ4v) is 3.69. The monoisotopic (exact) mass is 453 g/mol. The summed E-state index contributed by atoms with van der Waals surface area (Å²) in [4.78, 5) is 11.5. The second-order valence-corrected chi connectivity index (χ2v) is 7.57. The summed E-state index contributed by atoms with van der Waals surface area (Å²) in [7, 11) is 0. The summed E-state index contributed by atoms with van der Waals surface area (Å²) in [5, 5.41) is 10.1. The molecule has 4 rings (SSSR count). The van der Waals surface area contributed by atoms with Crippen molar-refractivity contribution in [2.24, 2.45) is 0 Å². The lowest BCUT2D eigenvalue weighted by atomic mass is 10.1. The minimum absolute atomic E-state index is 0.279.